The summed E-state index contributed by atoms with van der Waals surface area (Å²) in [7, 11) is 3.08. The van der Waals surface area contributed by atoms with Crippen LogP contribution in [0, 0.1) is 5.92 Å². The van der Waals surface area contributed by atoms with Crippen LogP contribution in [0.15, 0.2) is 18.2 Å². The highest BCUT2D eigenvalue weighted by molar-refractivity contribution is 5.97. The molecule has 4 nitrogen and oxygen atoms in total. The number of para-hydroxylation sites is 1. The quantitative estimate of drug-likeness (QED) is 0.845. The van der Waals surface area contributed by atoms with Crippen LogP contribution in [0.3, 0.4) is 0 Å². The fourth-order valence-corrected chi connectivity index (χ4v) is 1.64. The standard InChI is InChI=1S/C14H21NO3/c1-10(2)8-9-15-14(16)11-6-5-7-12(17-3)13(11)18-4/h5-7,10H,8-9H2,1-4H3,(H,15,16). The van der Waals surface area contributed by atoms with E-state index in [0.717, 1.165) is 6.42 Å². The van der Waals surface area contributed by atoms with Crippen molar-refractivity contribution in [2.75, 3.05) is 20.8 Å². The van der Waals surface area contributed by atoms with Gasteiger partial charge in [-0.15, -0.1) is 0 Å². The van der Waals surface area contributed by atoms with Gasteiger partial charge in [0.25, 0.3) is 5.91 Å². The molecule has 0 fully saturated rings. The predicted molar refractivity (Wildman–Crippen MR) is 71.3 cm³/mol. The summed E-state index contributed by atoms with van der Waals surface area (Å²) in [5.41, 5.74) is 0.501. The molecule has 0 radical (unpaired) electrons. The number of nitrogens with one attached hydrogen (secondary N) is 1. The van der Waals surface area contributed by atoms with Gasteiger partial charge in [0.2, 0.25) is 0 Å². The molecule has 0 bridgehead atoms. The summed E-state index contributed by atoms with van der Waals surface area (Å²) in [4.78, 5) is 12.0. The van der Waals surface area contributed by atoms with Gasteiger partial charge in [0, 0.05) is 6.54 Å². The summed E-state index contributed by atoms with van der Waals surface area (Å²) in [5.74, 6) is 1.47. The van der Waals surface area contributed by atoms with E-state index >= 15 is 0 Å². The number of ether oxygens (including phenoxy) is 2. The maximum Gasteiger partial charge on any atom is 0.255 e. The molecule has 4 heteroatoms. The minimum absolute atomic E-state index is 0.133. The smallest absolute Gasteiger partial charge is 0.255 e. The molecule has 0 aromatic heterocycles. The average molecular weight is 251 g/mol. The summed E-state index contributed by atoms with van der Waals surface area (Å²) in [5, 5.41) is 2.88. The zero-order chi connectivity index (χ0) is 13.5. The van der Waals surface area contributed by atoms with Gasteiger partial charge in [-0.2, -0.15) is 0 Å². The van der Waals surface area contributed by atoms with Crippen molar-refractivity contribution in [2.24, 2.45) is 5.92 Å². The molecule has 0 aliphatic rings. The second-order valence-electron chi connectivity index (χ2n) is 4.48. The van der Waals surface area contributed by atoms with Gasteiger partial charge in [0.05, 0.1) is 19.8 Å². The summed E-state index contributed by atoms with van der Waals surface area (Å²) in [6, 6.07) is 5.27. The molecule has 100 valence electrons. The van der Waals surface area contributed by atoms with Gasteiger partial charge in [-0.1, -0.05) is 19.9 Å². The Bertz CT molecular complexity index is 402. The van der Waals surface area contributed by atoms with Crippen LogP contribution in [0.4, 0.5) is 0 Å². The molecule has 0 saturated heterocycles. The maximum atomic E-state index is 12.0. The third-order valence-corrected chi connectivity index (χ3v) is 2.65. The minimum Gasteiger partial charge on any atom is -0.493 e. The van der Waals surface area contributed by atoms with Gasteiger partial charge in [-0.25, -0.2) is 0 Å². The number of methoxy groups -OCH3 is 2. The van der Waals surface area contributed by atoms with Crippen molar-refractivity contribution in [2.45, 2.75) is 20.3 Å². The van der Waals surface area contributed by atoms with Crippen molar-refractivity contribution in [3.8, 4) is 11.5 Å². The predicted octanol–water partition coefficient (Wildman–Crippen LogP) is 2.48. The van der Waals surface area contributed by atoms with Crippen molar-refractivity contribution in [3.63, 3.8) is 0 Å². The third kappa shape index (κ3) is 3.65. The normalized spacial score (nSPS) is 10.3. The van der Waals surface area contributed by atoms with Crippen LogP contribution in [0.1, 0.15) is 30.6 Å². The van der Waals surface area contributed by atoms with E-state index in [1.165, 1.54) is 7.11 Å². The van der Waals surface area contributed by atoms with Crippen LogP contribution < -0.4 is 14.8 Å². The van der Waals surface area contributed by atoms with E-state index in [9.17, 15) is 4.79 Å². The first kappa shape index (κ1) is 14.4. The highest BCUT2D eigenvalue weighted by Gasteiger charge is 2.15. The van der Waals surface area contributed by atoms with E-state index in [4.69, 9.17) is 9.47 Å². The van der Waals surface area contributed by atoms with Crippen molar-refractivity contribution < 1.29 is 14.3 Å². The molecule has 1 aromatic carbocycles. The largest absolute Gasteiger partial charge is 0.493 e. The molecule has 1 rings (SSSR count). The highest BCUT2D eigenvalue weighted by atomic mass is 16.5. The first-order chi connectivity index (χ1) is 8.60. The number of benzene rings is 1. The Morgan fingerprint density at radius 2 is 2.00 bits per heavy atom. The van der Waals surface area contributed by atoms with Crippen LogP contribution in [-0.4, -0.2) is 26.7 Å². The lowest BCUT2D eigenvalue weighted by Crippen LogP contribution is -2.25. The zero-order valence-electron chi connectivity index (χ0n) is 11.4. The first-order valence-electron chi connectivity index (χ1n) is 6.09. The Balaban J connectivity index is 2.79. The van der Waals surface area contributed by atoms with Crippen LogP contribution >= 0.6 is 0 Å². The molecule has 18 heavy (non-hydrogen) atoms. The fourth-order valence-electron chi connectivity index (χ4n) is 1.64. The van der Waals surface area contributed by atoms with Crippen LogP contribution in [0.25, 0.3) is 0 Å². The lowest BCUT2D eigenvalue weighted by molar-refractivity contribution is 0.0948. The molecule has 0 aliphatic carbocycles. The van der Waals surface area contributed by atoms with Crippen LogP contribution in [0.2, 0.25) is 0 Å². The van der Waals surface area contributed by atoms with E-state index in [-0.39, 0.29) is 5.91 Å². The highest BCUT2D eigenvalue weighted by Crippen LogP contribution is 2.30. The Morgan fingerprint density at radius 3 is 2.56 bits per heavy atom. The molecule has 1 aromatic rings. The van der Waals surface area contributed by atoms with E-state index < -0.39 is 0 Å². The number of hydrogen-bond acceptors (Lipinski definition) is 3. The molecule has 0 atom stereocenters. The molecular formula is C14H21NO3. The molecular weight excluding hydrogens is 230 g/mol. The zero-order valence-corrected chi connectivity index (χ0v) is 11.4. The number of carbonyl (C=O) groups excluding carboxylic acids is 1. The summed E-state index contributed by atoms with van der Waals surface area (Å²) < 4.78 is 10.4. The van der Waals surface area contributed by atoms with E-state index in [0.29, 0.717) is 29.5 Å². The van der Waals surface area contributed by atoms with Crippen molar-refractivity contribution in [1.82, 2.24) is 5.32 Å². The van der Waals surface area contributed by atoms with Gasteiger partial charge >= 0.3 is 0 Å². The molecule has 1 amide bonds. The number of carbonyl (C=O) groups is 1. The fraction of sp³-hybridized carbons (Fsp3) is 0.500. The molecule has 0 aliphatic heterocycles. The molecule has 0 heterocycles. The van der Waals surface area contributed by atoms with Gasteiger partial charge in [0.1, 0.15) is 0 Å². The average Bonchev–Trinajstić information content (AvgIpc) is 2.36. The Morgan fingerprint density at radius 1 is 1.28 bits per heavy atom. The summed E-state index contributed by atoms with van der Waals surface area (Å²) >= 11 is 0. The second-order valence-corrected chi connectivity index (χ2v) is 4.48. The van der Waals surface area contributed by atoms with Crippen LogP contribution in [-0.2, 0) is 0 Å². The lowest BCUT2D eigenvalue weighted by Gasteiger charge is -2.13. The Kier molecular flexibility index (Phi) is 5.49. The lowest BCUT2D eigenvalue weighted by atomic mass is 10.1. The first-order valence-corrected chi connectivity index (χ1v) is 6.09. The van der Waals surface area contributed by atoms with E-state index in [1.54, 1.807) is 25.3 Å². The van der Waals surface area contributed by atoms with E-state index in [2.05, 4.69) is 19.2 Å². The van der Waals surface area contributed by atoms with Gasteiger partial charge < -0.3 is 14.8 Å². The van der Waals surface area contributed by atoms with Crippen LogP contribution in [0.5, 0.6) is 11.5 Å². The SMILES string of the molecule is COc1cccc(C(=O)NCCC(C)C)c1OC. The Hall–Kier alpha value is -1.71. The monoisotopic (exact) mass is 251 g/mol. The third-order valence-electron chi connectivity index (χ3n) is 2.65. The molecule has 1 N–H and O–H groups in total. The van der Waals surface area contributed by atoms with Crippen molar-refractivity contribution in [3.05, 3.63) is 23.8 Å². The summed E-state index contributed by atoms with van der Waals surface area (Å²) in [6.07, 6.45) is 0.956. The van der Waals surface area contributed by atoms with Gasteiger partial charge in [0.15, 0.2) is 11.5 Å². The van der Waals surface area contributed by atoms with Crippen molar-refractivity contribution >= 4 is 5.91 Å². The van der Waals surface area contributed by atoms with E-state index in [1.807, 2.05) is 0 Å². The molecule has 0 saturated carbocycles. The van der Waals surface area contributed by atoms with Gasteiger partial charge in [-0.3, -0.25) is 4.79 Å². The van der Waals surface area contributed by atoms with Gasteiger partial charge in [-0.05, 0) is 24.5 Å². The maximum absolute atomic E-state index is 12.0. The number of rotatable bonds is 6. The molecule has 0 unspecified atom stereocenters. The summed E-state index contributed by atoms with van der Waals surface area (Å²) in [6.45, 7) is 4.91. The second kappa shape index (κ2) is 6.89. The number of hydrogen-bond donors (Lipinski definition) is 1. The minimum atomic E-state index is -0.133. The molecule has 0 spiro atoms. The Labute approximate surface area is 108 Å². The van der Waals surface area contributed by atoms with Crippen molar-refractivity contribution in [1.29, 1.82) is 0 Å². The topological polar surface area (TPSA) is 47.6 Å². The number of amides is 1.